The molecule has 24 heavy (non-hydrogen) atoms. The number of fused-ring (bicyclic) bond motifs is 1. The van der Waals surface area contributed by atoms with Crippen LogP contribution in [0.5, 0.6) is 0 Å². The fourth-order valence-electron chi connectivity index (χ4n) is 3.86. The van der Waals surface area contributed by atoms with E-state index in [1.54, 1.807) is 11.8 Å². The normalized spacial score (nSPS) is 27.3. The van der Waals surface area contributed by atoms with Crippen LogP contribution in [0.15, 0.2) is 22.6 Å². The molecule has 2 aromatic rings. The molecule has 1 amide bonds. The van der Waals surface area contributed by atoms with Crippen LogP contribution in [-0.4, -0.2) is 47.3 Å². The van der Waals surface area contributed by atoms with Gasteiger partial charge >= 0.3 is 0 Å². The molecule has 1 aromatic heterocycles. The zero-order valence-electron chi connectivity index (χ0n) is 13.5. The van der Waals surface area contributed by atoms with Gasteiger partial charge in [-0.2, -0.15) is 0 Å². The van der Waals surface area contributed by atoms with Gasteiger partial charge in [-0.15, -0.1) is 0 Å². The van der Waals surface area contributed by atoms with E-state index in [0.717, 1.165) is 12.8 Å². The summed E-state index contributed by atoms with van der Waals surface area (Å²) >= 11 is 0. The fourth-order valence-corrected chi connectivity index (χ4v) is 3.86. The molecule has 2 fully saturated rings. The van der Waals surface area contributed by atoms with E-state index in [-0.39, 0.29) is 24.0 Å². The van der Waals surface area contributed by atoms with Crippen LogP contribution in [0.3, 0.4) is 0 Å². The second-order valence-corrected chi connectivity index (χ2v) is 6.73. The van der Waals surface area contributed by atoms with E-state index in [1.807, 2.05) is 0 Å². The Bertz CT molecular complexity index is 794. The largest absolute Gasteiger partial charge is 0.451 e. The maximum absolute atomic E-state index is 13.4. The van der Waals surface area contributed by atoms with Crippen LogP contribution in [0.4, 0.5) is 4.39 Å². The lowest BCUT2D eigenvalue weighted by Gasteiger charge is -2.42. The summed E-state index contributed by atoms with van der Waals surface area (Å²) in [7, 11) is 0. The summed E-state index contributed by atoms with van der Waals surface area (Å²) < 4.78 is 24.8. The van der Waals surface area contributed by atoms with Crippen molar-refractivity contribution in [1.82, 2.24) is 4.90 Å². The van der Waals surface area contributed by atoms with Crippen molar-refractivity contribution in [1.29, 1.82) is 0 Å². The van der Waals surface area contributed by atoms with Gasteiger partial charge in [-0.05, 0) is 44.4 Å². The van der Waals surface area contributed by atoms with Crippen LogP contribution in [0.1, 0.15) is 35.4 Å². The van der Waals surface area contributed by atoms with Crippen molar-refractivity contribution in [2.45, 2.75) is 37.9 Å². The maximum atomic E-state index is 13.4. The van der Waals surface area contributed by atoms with E-state index in [4.69, 9.17) is 9.15 Å². The van der Waals surface area contributed by atoms with Gasteiger partial charge in [-0.3, -0.25) is 4.79 Å². The number of aliphatic hydroxyl groups excluding tert-OH is 1. The highest BCUT2D eigenvalue weighted by Gasteiger charge is 2.46. The minimum absolute atomic E-state index is 0.214. The zero-order chi connectivity index (χ0) is 16.9. The monoisotopic (exact) mass is 333 g/mol. The van der Waals surface area contributed by atoms with Crippen molar-refractivity contribution < 1.29 is 23.4 Å². The molecule has 1 N–H and O–H groups in total. The number of rotatable bonds is 1. The molecular weight excluding hydrogens is 313 g/mol. The van der Waals surface area contributed by atoms with Crippen LogP contribution in [0, 0.1) is 12.7 Å². The Morgan fingerprint density at radius 2 is 2.25 bits per heavy atom. The van der Waals surface area contributed by atoms with E-state index in [1.165, 1.54) is 18.2 Å². The van der Waals surface area contributed by atoms with Gasteiger partial charge < -0.3 is 19.2 Å². The molecule has 1 spiro atoms. The van der Waals surface area contributed by atoms with Crippen LogP contribution in [0.2, 0.25) is 0 Å². The molecule has 5 nitrogen and oxygen atoms in total. The van der Waals surface area contributed by atoms with Gasteiger partial charge in [0.15, 0.2) is 5.76 Å². The smallest absolute Gasteiger partial charge is 0.289 e. The van der Waals surface area contributed by atoms with E-state index < -0.39 is 11.7 Å². The Labute approximate surface area is 139 Å². The highest BCUT2D eigenvalue weighted by atomic mass is 19.1. The molecule has 0 saturated carbocycles. The Balaban J connectivity index is 1.59. The summed E-state index contributed by atoms with van der Waals surface area (Å²) in [6.45, 7) is 3.16. The van der Waals surface area contributed by atoms with Gasteiger partial charge in [0.1, 0.15) is 17.5 Å². The number of benzene rings is 1. The number of carbonyl (C=O) groups excluding carboxylic acids is 1. The van der Waals surface area contributed by atoms with Crippen LogP contribution < -0.4 is 0 Å². The lowest BCUT2D eigenvalue weighted by Crippen LogP contribution is -2.56. The molecule has 6 heteroatoms. The molecule has 1 aromatic carbocycles. The minimum atomic E-state index is -0.695. The lowest BCUT2D eigenvalue weighted by atomic mass is 9.86. The maximum Gasteiger partial charge on any atom is 0.289 e. The number of furan rings is 1. The highest BCUT2D eigenvalue weighted by Crippen LogP contribution is 2.37. The Morgan fingerprint density at radius 3 is 2.96 bits per heavy atom. The Hall–Kier alpha value is -1.92. The number of piperidine rings is 1. The predicted octanol–water partition coefficient (Wildman–Crippen LogP) is 2.64. The number of hydrogen-bond donors (Lipinski definition) is 1. The lowest BCUT2D eigenvalue weighted by molar-refractivity contribution is -0.123. The summed E-state index contributed by atoms with van der Waals surface area (Å²) in [6, 6.07) is 4.21. The van der Waals surface area contributed by atoms with Gasteiger partial charge in [-0.1, -0.05) is 0 Å². The zero-order valence-corrected chi connectivity index (χ0v) is 13.5. The molecule has 2 aliphatic rings. The summed E-state index contributed by atoms with van der Waals surface area (Å²) in [4.78, 5) is 14.4. The summed E-state index contributed by atoms with van der Waals surface area (Å²) in [5, 5.41) is 11.1. The quantitative estimate of drug-likeness (QED) is 0.871. The molecule has 0 bridgehead atoms. The number of nitrogens with zero attached hydrogens (tertiary/aromatic N) is 1. The van der Waals surface area contributed by atoms with Crippen LogP contribution in [0.25, 0.3) is 11.0 Å². The number of halogens is 1. The Morgan fingerprint density at radius 1 is 1.42 bits per heavy atom. The predicted molar refractivity (Wildman–Crippen MR) is 85.4 cm³/mol. The number of likely N-dealkylation sites (tertiary alicyclic amines) is 1. The number of hydrogen-bond acceptors (Lipinski definition) is 4. The third kappa shape index (κ3) is 2.32. The number of aliphatic hydroxyl groups is 1. The van der Waals surface area contributed by atoms with Crippen molar-refractivity contribution in [2.75, 3.05) is 19.7 Å². The first-order chi connectivity index (χ1) is 11.5. The molecule has 128 valence electrons. The fraction of sp³-hybridized carbons (Fsp3) is 0.500. The van der Waals surface area contributed by atoms with Gasteiger partial charge in [0.2, 0.25) is 0 Å². The first kappa shape index (κ1) is 15.6. The molecule has 3 heterocycles. The number of aryl methyl sites for hydroxylation is 1. The molecule has 0 unspecified atom stereocenters. The van der Waals surface area contributed by atoms with Gasteiger partial charge in [-0.25, -0.2) is 4.39 Å². The molecule has 0 aliphatic carbocycles. The third-order valence-corrected chi connectivity index (χ3v) is 5.32. The van der Waals surface area contributed by atoms with Crippen LogP contribution >= 0.6 is 0 Å². The van der Waals surface area contributed by atoms with Crippen molar-refractivity contribution in [3.63, 3.8) is 0 Å². The van der Waals surface area contributed by atoms with E-state index in [2.05, 4.69) is 0 Å². The standard InChI is InChI=1S/C18H20FNO4/c1-11-13-9-12(19)3-4-14(13)24-16(11)17(22)20-7-6-18(15(21)10-20)5-2-8-23-18/h3-4,9,15,21H,2,5-8,10H2,1H3/t15-,18-/m0/s1. The summed E-state index contributed by atoms with van der Waals surface area (Å²) in [5.41, 5.74) is 0.620. The van der Waals surface area contributed by atoms with Gasteiger partial charge in [0.05, 0.1) is 5.60 Å². The van der Waals surface area contributed by atoms with Gasteiger partial charge in [0.25, 0.3) is 5.91 Å². The third-order valence-electron chi connectivity index (χ3n) is 5.32. The van der Waals surface area contributed by atoms with Crippen LogP contribution in [-0.2, 0) is 4.74 Å². The molecule has 2 aliphatic heterocycles. The molecule has 2 atom stereocenters. The SMILES string of the molecule is Cc1c(C(=O)N2CC[C@@]3(CCCO3)[C@@H](O)C2)oc2ccc(F)cc12. The average Bonchev–Trinajstić information content (AvgIpc) is 3.16. The number of carbonyl (C=O) groups is 1. The average molecular weight is 333 g/mol. The number of ether oxygens (including phenoxy) is 1. The molecule has 4 rings (SSSR count). The van der Waals surface area contributed by atoms with Gasteiger partial charge in [0, 0.05) is 30.6 Å². The van der Waals surface area contributed by atoms with E-state index in [9.17, 15) is 14.3 Å². The highest BCUT2D eigenvalue weighted by molar-refractivity contribution is 5.99. The topological polar surface area (TPSA) is 62.9 Å². The second kappa shape index (κ2) is 5.57. The Kier molecular flexibility index (Phi) is 3.62. The summed E-state index contributed by atoms with van der Waals surface area (Å²) in [5.74, 6) is -0.416. The first-order valence-corrected chi connectivity index (χ1v) is 8.30. The molecule has 0 radical (unpaired) electrons. The number of amides is 1. The summed E-state index contributed by atoms with van der Waals surface area (Å²) in [6.07, 6.45) is 1.70. The van der Waals surface area contributed by atoms with Crippen molar-refractivity contribution in [3.8, 4) is 0 Å². The van der Waals surface area contributed by atoms with E-state index >= 15 is 0 Å². The number of β-amino-alcohol motifs (C(OH)–C–C–N with tert-alkyl or cyclic N) is 1. The van der Waals surface area contributed by atoms with Crippen molar-refractivity contribution >= 4 is 16.9 Å². The molecule has 2 saturated heterocycles. The van der Waals surface area contributed by atoms with E-state index in [0.29, 0.717) is 36.1 Å². The molecular formula is C18H20FNO4. The minimum Gasteiger partial charge on any atom is -0.451 e. The first-order valence-electron chi connectivity index (χ1n) is 8.30. The van der Waals surface area contributed by atoms with Crippen molar-refractivity contribution in [3.05, 3.63) is 35.3 Å². The van der Waals surface area contributed by atoms with Crippen molar-refractivity contribution in [2.24, 2.45) is 0 Å². The second-order valence-electron chi connectivity index (χ2n) is 6.73.